The van der Waals surface area contributed by atoms with E-state index < -0.39 is 0 Å². The van der Waals surface area contributed by atoms with Crippen LogP contribution in [-0.4, -0.2) is 37.6 Å². The van der Waals surface area contributed by atoms with Crippen LogP contribution in [0.4, 0.5) is 5.69 Å². The number of benzene rings is 2. The van der Waals surface area contributed by atoms with Crippen LogP contribution in [0.15, 0.2) is 47.8 Å². The van der Waals surface area contributed by atoms with Gasteiger partial charge in [0.25, 0.3) is 5.91 Å². The van der Waals surface area contributed by atoms with Crippen molar-refractivity contribution in [3.8, 4) is 16.3 Å². The second-order valence-corrected chi connectivity index (χ2v) is 7.48. The Morgan fingerprint density at radius 2 is 1.90 bits per heavy atom. The quantitative estimate of drug-likeness (QED) is 0.605. The number of aromatic nitrogens is 1. The Labute approximate surface area is 172 Å². The molecular weight excluding hydrogens is 388 g/mol. The van der Waals surface area contributed by atoms with Crippen molar-refractivity contribution in [3.05, 3.63) is 64.7 Å². The van der Waals surface area contributed by atoms with Crippen molar-refractivity contribution in [2.45, 2.75) is 12.8 Å². The molecule has 3 aromatic rings. The lowest BCUT2D eigenvalue weighted by Crippen LogP contribution is -2.36. The summed E-state index contributed by atoms with van der Waals surface area (Å²) in [5, 5.41) is 2.55. The average Bonchev–Trinajstić information content (AvgIpc) is 3.27. The van der Waals surface area contributed by atoms with E-state index in [1.165, 1.54) is 18.4 Å². The molecule has 0 atom stereocenters. The highest BCUT2D eigenvalue weighted by Gasteiger charge is 2.28. The molecule has 6 nitrogen and oxygen atoms in total. The zero-order valence-electron chi connectivity index (χ0n) is 16.2. The molecule has 0 bridgehead atoms. The number of amides is 1. The van der Waals surface area contributed by atoms with Gasteiger partial charge in [-0.1, -0.05) is 6.07 Å². The fraction of sp³-hybridized carbons (Fsp3) is 0.227. The molecule has 29 heavy (non-hydrogen) atoms. The Kier molecular flexibility index (Phi) is 5.31. The number of nitrogens with zero attached hydrogens (tertiary/aromatic N) is 2. The number of anilines is 1. The van der Waals surface area contributed by atoms with Crippen LogP contribution in [0.1, 0.15) is 32.8 Å². The fourth-order valence-electron chi connectivity index (χ4n) is 3.51. The van der Waals surface area contributed by atoms with Gasteiger partial charge in [-0.3, -0.25) is 4.79 Å². The van der Waals surface area contributed by atoms with E-state index >= 15 is 0 Å². The average molecular weight is 408 g/mol. The zero-order chi connectivity index (χ0) is 20.4. The van der Waals surface area contributed by atoms with Crippen LogP contribution in [0.5, 0.6) is 5.75 Å². The van der Waals surface area contributed by atoms with Crippen LogP contribution in [-0.2, 0) is 11.2 Å². The van der Waals surface area contributed by atoms with Crippen LogP contribution in [0.25, 0.3) is 10.6 Å². The number of hydrogen-bond donors (Lipinski definition) is 0. The number of ether oxygens (including phenoxy) is 2. The summed E-state index contributed by atoms with van der Waals surface area (Å²) in [5.74, 6) is 0.225. The Morgan fingerprint density at radius 1 is 1.10 bits per heavy atom. The monoisotopic (exact) mass is 408 g/mol. The lowest BCUT2D eigenvalue weighted by molar-refractivity contribution is 0.0599. The van der Waals surface area contributed by atoms with Crippen LogP contribution in [0.2, 0.25) is 0 Å². The van der Waals surface area contributed by atoms with Crippen LogP contribution < -0.4 is 9.64 Å². The summed E-state index contributed by atoms with van der Waals surface area (Å²) in [4.78, 5) is 31.5. The topological polar surface area (TPSA) is 68.7 Å². The summed E-state index contributed by atoms with van der Waals surface area (Å²) in [6.45, 7) is 0.589. The number of carbonyl (C=O) groups is 2. The number of methoxy groups -OCH3 is 2. The lowest BCUT2D eigenvalue weighted by atomic mass is 9.96. The van der Waals surface area contributed by atoms with Gasteiger partial charge in [0.1, 0.15) is 16.5 Å². The van der Waals surface area contributed by atoms with Crippen molar-refractivity contribution in [2.75, 3.05) is 25.7 Å². The fourth-order valence-corrected chi connectivity index (χ4v) is 4.31. The third kappa shape index (κ3) is 3.61. The number of rotatable bonds is 4. The number of hydrogen-bond acceptors (Lipinski definition) is 6. The van der Waals surface area contributed by atoms with Crippen molar-refractivity contribution >= 4 is 28.9 Å². The highest BCUT2D eigenvalue weighted by atomic mass is 32.1. The van der Waals surface area contributed by atoms with E-state index in [2.05, 4.69) is 4.98 Å². The molecule has 2 aromatic carbocycles. The van der Waals surface area contributed by atoms with Crippen molar-refractivity contribution in [1.82, 2.24) is 4.98 Å². The van der Waals surface area contributed by atoms with E-state index in [9.17, 15) is 9.59 Å². The maximum atomic E-state index is 13.2. The number of carbonyl (C=O) groups excluding carboxylic acids is 2. The molecule has 1 aliphatic rings. The minimum atomic E-state index is -0.383. The third-order valence-corrected chi connectivity index (χ3v) is 5.85. The highest BCUT2D eigenvalue weighted by Crippen LogP contribution is 2.32. The van der Waals surface area contributed by atoms with E-state index in [4.69, 9.17) is 9.47 Å². The molecule has 0 saturated carbocycles. The number of esters is 1. The van der Waals surface area contributed by atoms with Gasteiger partial charge in [0.2, 0.25) is 0 Å². The van der Waals surface area contributed by atoms with Gasteiger partial charge >= 0.3 is 5.97 Å². The molecule has 7 heteroatoms. The highest BCUT2D eigenvalue weighted by molar-refractivity contribution is 7.13. The van der Waals surface area contributed by atoms with Crippen LogP contribution >= 0.6 is 11.3 Å². The van der Waals surface area contributed by atoms with Gasteiger partial charge in [0.15, 0.2) is 0 Å². The summed E-state index contributed by atoms with van der Waals surface area (Å²) < 4.78 is 10.1. The number of fused-ring (bicyclic) bond motifs is 1. The van der Waals surface area contributed by atoms with E-state index in [0.717, 1.165) is 40.4 Å². The SMILES string of the molecule is COC(=O)c1cccc2c1CCCN2C(=O)c1csc(-c2ccc(OC)cc2)n1. The summed E-state index contributed by atoms with van der Waals surface area (Å²) in [5.41, 5.74) is 3.45. The van der Waals surface area contributed by atoms with Gasteiger partial charge in [0.05, 0.1) is 19.8 Å². The van der Waals surface area contributed by atoms with Gasteiger partial charge in [-0.05, 0) is 54.8 Å². The van der Waals surface area contributed by atoms with Gasteiger partial charge in [-0.15, -0.1) is 11.3 Å². The van der Waals surface area contributed by atoms with Crippen molar-refractivity contribution in [2.24, 2.45) is 0 Å². The second kappa shape index (κ2) is 8.05. The molecule has 4 rings (SSSR count). The summed E-state index contributed by atoms with van der Waals surface area (Å²) >= 11 is 1.43. The van der Waals surface area contributed by atoms with Gasteiger partial charge in [0, 0.05) is 23.2 Å². The maximum absolute atomic E-state index is 13.2. The van der Waals surface area contributed by atoms with E-state index in [1.807, 2.05) is 30.3 Å². The van der Waals surface area contributed by atoms with Crippen molar-refractivity contribution < 1.29 is 19.1 Å². The van der Waals surface area contributed by atoms with Crippen LogP contribution in [0, 0.1) is 0 Å². The molecule has 1 aromatic heterocycles. The molecule has 148 valence electrons. The lowest BCUT2D eigenvalue weighted by Gasteiger charge is -2.30. The largest absolute Gasteiger partial charge is 0.497 e. The molecule has 2 heterocycles. The summed E-state index contributed by atoms with van der Waals surface area (Å²) in [6.07, 6.45) is 1.51. The first-order valence-corrected chi connectivity index (χ1v) is 10.1. The Morgan fingerprint density at radius 3 is 2.62 bits per heavy atom. The first-order valence-electron chi connectivity index (χ1n) is 9.24. The van der Waals surface area contributed by atoms with E-state index in [-0.39, 0.29) is 11.9 Å². The molecule has 0 N–H and O–H groups in total. The summed E-state index contributed by atoms with van der Waals surface area (Å²) in [7, 11) is 2.99. The van der Waals surface area contributed by atoms with Gasteiger partial charge < -0.3 is 14.4 Å². The molecule has 0 radical (unpaired) electrons. The molecular formula is C22H20N2O4S. The van der Waals surface area contributed by atoms with Crippen molar-refractivity contribution in [1.29, 1.82) is 0 Å². The first kappa shape index (κ1) is 19.1. The Hall–Kier alpha value is -3.19. The van der Waals surface area contributed by atoms with Crippen LogP contribution in [0.3, 0.4) is 0 Å². The Bertz CT molecular complexity index is 1060. The van der Waals surface area contributed by atoms with Crippen molar-refractivity contribution in [3.63, 3.8) is 0 Å². The normalized spacial score (nSPS) is 13.0. The smallest absolute Gasteiger partial charge is 0.338 e. The first-order chi connectivity index (χ1) is 14.1. The maximum Gasteiger partial charge on any atom is 0.338 e. The van der Waals surface area contributed by atoms with Gasteiger partial charge in [-0.2, -0.15) is 0 Å². The molecule has 1 amide bonds. The predicted molar refractivity (Wildman–Crippen MR) is 112 cm³/mol. The Balaban J connectivity index is 1.63. The molecule has 0 unspecified atom stereocenters. The predicted octanol–water partition coefficient (Wildman–Crippen LogP) is 4.20. The van der Waals surface area contributed by atoms with E-state index in [0.29, 0.717) is 17.8 Å². The molecule has 0 spiro atoms. The molecule has 0 fully saturated rings. The van der Waals surface area contributed by atoms with E-state index in [1.54, 1.807) is 29.5 Å². The van der Waals surface area contributed by atoms with Gasteiger partial charge in [-0.25, -0.2) is 9.78 Å². The molecule has 0 saturated heterocycles. The summed E-state index contributed by atoms with van der Waals surface area (Å²) in [6, 6.07) is 13.0. The zero-order valence-corrected chi connectivity index (χ0v) is 17.0. The standard InChI is InChI=1S/C22H20N2O4S/c1-27-15-10-8-14(9-11-15)20-23-18(13-29-20)21(25)24-12-4-6-16-17(22(26)28-2)5-3-7-19(16)24/h3,5,7-11,13H,4,6,12H2,1-2H3. The second-order valence-electron chi connectivity index (χ2n) is 6.62. The minimum Gasteiger partial charge on any atom is -0.497 e. The number of thiazole rings is 1. The molecule has 1 aliphatic heterocycles. The minimum absolute atomic E-state index is 0.163. The third-order valence-electron chi connectivity index (χ3n) is 4.96. The molecule has 0 aliphatic carbocycles.